The number of carbonyl (C=O) groups excluding carboxylic acids is 1. The number of rotatable bonds is 18. The number of non-ortho nitro benzene ring substituents is 1. The van der Waals surface area contributed by atoms with Crippen molar-refractivity contribution in [2.24, 2.45) is 22.9 Å². The van der Waals surface area contributed by atoms with Crippen molar-refractivity contribution < 1.29 is 39.3 Å². The van der Waals surface area contributed by atoms with Crippen LogP contribution in [0.1, 0.15) is 88.3 Å². The summed E-state index contributed by atoms with van der Waals surface area (Å²) < 4.78 is 14.4. The number of aliphatic hydroxyl groups excluding tert-OH is 2. The maximum absolute atomic E-state index is 15.3. The Morgan fingerprint density at radius 1 is 1.00 bits per heavy atom. The Kier molecular flexibility index (Phi) is 14.1. The Morgan fingerprint density at radius 3 is 2.44 bits per heavy atom. The number of carbonyl (C=O) groups is 1. The quantitative estimate of drug-likeness (QED) is 0.0291. The van der Waals surface area contributed by atoms with Gasteiger partial charge in [-0.15, -0.1) is 6.58 Å². The van der Waals surface area contributed by atoms with Crippen molar-refractivity contribution in [3.8, 4) is 11.5 Å². The van der Waals surface area contributed by atoms with Gasteiger partial charge < -0.3 is 34.5 Å². The number of benzene rings is 4. The predicted octanol–water partition coefficient (Wildman–Crippen LogP) is 9.63. The smallest absolute Gasteiger partial charge is 0.269 e. The average molecular weight is 858 g/mol. The van der Waals surface area contributed by atoms with Crippen LogP contribution in [0, 0.1) is 27.9 Å². The molecule has 1 fully saturated rings. The van der Waals surface area contributed by atoms with Gasteiger partial charge in [0.15, 0.2) is 0 Å². The second kappa shape index (κ2) is 19.7. The van der Waals surface area contributed by atoms with E-state index in [4.69, 9.17) is 19.5 Å². The van der Waals surface area contributed by atoms with Gasteiger partial charge in [0.25, 0.3) is 5.69 Å². The summed E-state index contributed by atoms with van der Waals surface area (Å²) in [4.78, 5) is 34.3. The lowest BCUT2D eigenvalue weighted by Crippen LogP contribution is -2.70. The molecule has 1 heterocycles. The fourth-order valence-corrected chi connectivity index (χ4v) is 9.78. The van der Waals surface area contributed by atoms with Crippen LogP contribution >= 0.6 is 0 Å². The molecule has 2 aliphatic carbocycles. The molecule has 1 saturated carbocycles. The Hall–Kier alpha value is -5.82. The van der Waals surface area contributed by atoms with Gasteiger partial charge in [-0.05, 0) is 122 Å². The standard InChI is InChI=1S/C51H59N3O9/c1-5-29-61-51-46(53(33-37-16-12-15-35-13-6-7-17-40(35)37)47(58)26-21-34-19-22-38(23-20-34)54(59)60)32-44(52-63-50(2,3)4)42-30-36(14-8-10-27-55)41(18-9-11-28-56)48(49(42)51)43-31-39(57)24-25-45(43)62-51/h5-7,12-13,15-17,19-26,30-31,36,41,46,48-49,55-57H,1,8-11,14,18,27-29,32-33H2,2-4H3. The number of aromatic hydroxyl groups is 1. The monoisotopic (exact) mass is 857 g/mol. The van der Waals surface area contributed by atoms with Crippen LogP contribution in [0.25, 0.3) is 16.8 Å². The Bertz CT molecular complexity index is 2360. The van der Waals surface area contributed by atoms with E-state index in [1.165, 1.54) is 18.2 Å². The Labute approximate surface area is 369 Å². The number of amides is 1. The molecule has 12 nitrogen and oxygen atoms in total. The lowest BCUT2D eigenvalue weighted by Gasteiger charge is -2.60. The largest absolute Gasteiger partial charge is 0.508 e. The number of phenolic OH excluding ortho intramolecular Hbond substituents is 1. The highest BCUT2D eigenvalue weighted by molar-refractivity contribution is 6.03. The SMILES string of the molecule is C=CCOC12Oc3ccc(O)cc3C3C(CCCCO)C(CCCCO)C=C(C(=NOC(C)(C)C)CC1N(Cc1cccc4ccccc14)C(=O)C=Cc1ccc([N+](=O)[O-])cc1)C32. The third-order valence-electron chi connectivity index (χ3n) is 12.5. The van der Waals surface area contributed by atoms with Gasteiger partial charge in [0.05, 0.1) is 23.2 Å². The molecule has 6 atom stereocenters. The van der Waals surface area contributed by atoms with E-state index in [0.717, 1.165) is 53.2 Å². The van der Waals surface area contributed by atoms with Crippen molar-refractivity contribution in [3.63, 3.8) is 0 Å². The molecule has 4 aromatic carbocycles. The second-order valence-corrected chi connectivity index (χ2v) is 17.8. The van der Waals surface area contributed by atoms with Crippen LogP contribution in [0.4, 0.5) is 5.69 Å². The second-order valence-electron chi connectivity index (χ2n) is 17.8. The van der Waals surface area contributed by atoms with Gasteiger partial charge in [0, 0.05) is 55.9 Å². The minimum Gasteiger partial charge on any atom is -0.508 e. The number of oxime groups is 1. The molecule has 0 aromatic heterocycles. The van der Waals surface area contributed by atoms with E-state index < -0.39 is 28.3 Å². The summed E-state index contributed by atoms with van der Waals surface area (Å²) >= 11 is 0. The molecule has 1 amide bonds. The van der Waals surface area contributed by atoms with Crippen LogP contribution in [-0.2, 0) is 20.9 Å². The van der Waals surface area contributed by atoms with Crippen molar-refractivity contribution in [1.82, 2.24) is 4.90 Å². The van der Waals surface area contributed by atoms with E-state index in [1.54, 1.807) is 47.4 Å². The molecule has 1 aliphatic heterocycles. The van der Waals surface area contributed by atoms with Gasteiger partial charge in [-0.1, -0.05) is 72.6 Å². The lowest BCUT2D eigenvalue weighted by molar-refractivity contribution is -0.384. The summed E-state index contributed by atoms with van der Waals surface area (Å²) in [7, 11) is 0. The van der Waals surface area contributed by atoms with E-state index in [1.807, 2.05) is 63.2 Å². The molecule has 63 heavy (non-hydrogen) atoms. The maximum atomic E-state index is 15.3. The van der Waals surface area contributed by atoms with E-state index >= 15 is 4.79 Å². The molecule has 3 N–H and O–H groups in total. The Balaban J connectivity index is 1.47. The third kappa shape index (κ3) is 9.88. The zero-order valence-electron chi connectivity index (χ0n) is 36.4. The Morgan fingerprint density at radius 2 is 1.73 bits per heavy atom. The van der Waals surface area contributed by atoms with Crippen LogP contribution in [0.2, 0.25) is 0 Å². The minimum atomic E-state index is -1.51. The average Bonchev–Trinajstić information content (AvgIpc) is 3.27. The molecule has 3 aliphatic rings. The summed E-state index contributed by atoms with van der Waals surface area (Å²) in [6.07, 6.45) is 11.7. The molecule has 0 spiro atoms. The van der Waals surface area contributed by atoms with Crippen molar-refractivity contribution in [3.05, 3.63) is 142 Å². The molecular formula is C51H59N3O9. The number of nitro groups is 1. The van der Waals surface area contributed by atoms with Crippen LogP contribution in [0.15, 0.2) is 120 Å². The van der Waals surface area contributed by atoms with Gasteiger partial charge in [0.2, 0.25) is 11.7 Å². The van der Waals surface area contributed by atoms with Gasteiger partial charge in [-0.25, -0.2) is 0 Å². The predicted molar refractivity (Wildman–Crippen MR) is 244 cm³/mol. The van der Waals surface area contributed by atoms with Crippen LogP contribution in [0.3, 0.4) is 0 Å². The number of phenols is 1. The molecule has 0 bridgehead atoms. The summed E-state index contributed by atoms with van der Waals surface area (Å²) in [5, 5.41) is 49.3. The number of allylic oxidation sites excluding steroid dienone is 1. The highest BCUT2D eigenvalue weighted by atomic mass is 16.7. The molecular weight excluding hydrogens is 799 g/mol. The molecule has 7 rings (SSSR count). The summed E-state index contributed by atoms with van der Waals surface area (Å²) in [6.45, 7) is 10.2. The number of fused-ring (bicyclic) bond motifs is 3. The van der Waals surface area contributed by atoms with Crippen molar-refractivity contribution in [1.29, 1.82) is 0 Å². The van der Waals surface area contributed by atoms with Crippen LogP contribution in [0.5, 0.6) is 11.5 Å². The first-order valence-electron chi connectivity index (χ1n) is 22.0. The maximum Gasteiger partial charge on any atom is 0.269 e. The van der Waals surface area contributed by atoms with Crippen LogP contribution in [-0.4, -0.2) is 74.0 Å². The fraction of sp³-hybridized carbons (Fsp3) is 0.412. The number of nitro benzene ring substituents is 1. The van der Waals surface area contributed by atoms with E-state index in [-0.39, 0.29) is 67.9 Å². The number of ether oxygens (including phenoxy) is 2. The molecule has 0 saturated heterocycles. The first kappa shape index (κ1) is 45.2. The van der Waals surface area contributed by atoms with Crippen molar-refractivity contribution >= 4 is 34.2 Å². The van der Waals surface area contributed by atoms with Gasteiger partial charge in [-0.2, -0.15) is 0 Å². The van der Waals surface area contributed by atoms with Crippen molar-refractivity contribution in [2.45, 2.75) is 95.6 Å². The zero-order chi connectivity index (χ0) is 44.7. The molecule has 6 unspecified atom stereocenters. The normalized spacial score (nSPS) is 23.4. The first-order chi connectivity index (χ1) is 30.4. The number of nitrogens with zero attached hydrogens (tertiary/aromatic N) is 3. The van der Waals surface area contributed by atoms with Gasteiger partial charge in [0.1, 0.15) is 23.1 Å². The van der Waals surface area contributed by atoms with Crippen LogP contribution < -0.4 is 4.74 Å². The van der Waals surface area contributed by atoms with Crippen molar-refractivity contribution in [2.75, 3.05) is 19.8 Å². The summed E-state index contributed by atoms with van der Waals surface area (Å²) in [5.41, 5.74) is 3.19. The summed E-state index contributed by atoms with van der Waals surface area (Å²) in [6, 6.07) is 24.4. The third-order valence-corrected chi connectivity index (χ3v) is 12.5. The van der Waals surface area contributed by atoms with E-state index in [9.17, 15) is 25.4 Å². The molecule has 12 heteroatoms. The van der Waals surface area contributed by atoms with Gasteiger partial charge in [-0.3, -0.25) is 14.9 Å². The molecule has 4 aromatic rings. The molecule has 332 valence electrons. The number of hydrogen-bond acceptors (Lipinski definition) is 10. The minimum absolute atomic E-state index is 0.00654. The topological polar surface area (TPSA) is 164 Å². The van der Waals surface area contributed by atoms with E-state index in [2.05, 4.69) is 12.7 Å². The van der Waals surface area contributed by atoms with E-state index in [0.29, 0.717) is 29.9 Å². The fourth-order valence-electron chi connectivity index (χ4n) is 9.78. The summed E-state index contributed by atoms with van der Waals surface area (Å²) in [5.74, 6) is -2.04. The number of unbranched alkanes of at least 4 members (excludes halogenated alkanes) is 2. The van der Waals surface area contributed by atoms with Gasteiger partial charge >= 0.3 is 0 Å². The number of aliphatic hydroxyl groups is 2. The number of hydrogen-bond donors (Lipinski definition) is 3. The highest BCUT2D eigenvalue weighted by Gasteiger charge is 2.65. The lowest BCUT2D eigenvalue weighted by atomic mass is 9.55. The zero-order valence-corrected chi connectivity index (χ0v) is 36.4. The molecule has 0 radical (unpaired) electrons. The highest BCUT2D eigenvalue weighted by Crippen LogP contribution is 2.62. The first-order valence-corrected chi connectivity index (χ1v) is 22.0.